The molecule has 0 bridgehead atoms. The van der Waals surface area contributed by atoms with Crippen LogP contribution < -0.4 is 0 Å². The van der Waals surface area contributed by atoms with Crippen LogP contribution in [0.1, 0.15) is 48.0 Å². The van der Waals surface area contributed by atoms with Gasteiger partial charge in [-0.2, -0.15) is 0 Å². The second kappa shape index (κ2) is 7.78. The quantitative estimate of drug-likeness (QED) is 0.801. The normalized spacial score (nSPS) is 21.0. The fourth-order valence-corrected chi connectivity index (χ4v) is 4.63. The van der Waals surface area contributed by atoms with Crippen molar-refractivity contribution in [2.45, 2.75) is 43.9 Å². The highest BCUT2D eigenvalue weighted by atomic mass is 32.2. The number of sulfone groups is 1. The maximum atomic E-state index is 13.1. The van der Waals surface area contributed by atoms with E-state index in [0.717, 1.165) is 38.8 Å². The Morgan fingerprint density at radius 3 is 2.46 bits per heavy atom. The maximum Gasteiger partial charge on any atom is 0.254 e. The van der Waals surface area contributed by atoms with Crippen molar-refractivity contribution in [3.05, 3.63) is 35.4 Å². The van der Waals surface area contributed by atoms with Crippen molar-refractivity contribution in [1.82, 2.24) is 9.80 Å². The summed E-state index contributed by atoms with van der Waals surface area (Å²) >= 11 is 0. The third-order valence-corrected chi connectivity index (χ3v) is 5.93. The van der Waals surface area contributed by atoms with Crippen molar-refractivity contribution in [2.24, 2.45) is 0 Å². The fourth-order valence-electron chi connectivity index (χ4n) is 3.84. The Kier molecular flexibility index (Phi) is 5.65. The van der Waals surface area contributed by atoms with E-state index in [0.29, 0.717) is 24.1 Å². The number of hydrogen-bond donors (Lipinski definition) is 0. The Labute approximate surface area is 155 Å². The van der Waals surface area contributed by atoms with E-state index in [1.165, 1.54) is 6.26 Å². The van der Waals surface area contributed by atoms with Crippen molar-refractivity contribution in [3.8, 4) is 0 Å². The lowest BCUT2D eigenvalue weighted by Gasteiger charge is -2.36. The second-order valence-electron chi connectivity index (χ2n) is 7.31. The average Bonchev–Trinajstić information content (AvgIpc) is 3.14. The summed E-state index contributed by atoms with van der Waals surface area (Å²) in [6, 6.07) is 6.35. The van der Waals surface area contributed by atoms with Crippen molar-refractivity contribution >= 4 is 21.7 Å². The number of benzene rings is 1. The molecule has 0 saturated carbocycles. The lowest BCUT2D eigenvalue weighted by molar-refractivity contribution is -0.136. The summed E-state index contributed by atoms with van der Waals surface area (Å²) in [6.45, 7) is 2.13. The average molecular weight is 378 g/mol. The van der Waals surface area contributed by atoms with Gasteiger partial charge in [0.25, 0.3) is 5.91 Å². The van der Waals surface area contributed by atoms with Crippen LogP contribution in [-0.2, 0) is 20.4 Å². The number of carbonyl (C=O) groups excluding carboxylic acids is 2. The minimum Gasteiger partial charge on any atom is -0.341 e. The molecule has 2 aliphatic heterocycles. The summed E-state index contributed by atoms with van der Waals surface area (Å²) in [4.78, 5) is 29.5. The van der Waals surface area contributed by atoms with Gasteiger partial charge in [0.05, 0.1) is 5.75 Å². The van der Waals surface area contributed by atoms with Gasteiger partial charge in [0, 0.05) is 31.5 Å². The summed E-state index contributed by atoms with van der Waals surface area (Å²) in [5, 5.41) is 0. The van der Waals surface area contributed by atoms with Gasteiger partial charge in [0.1, 0.15) is 6.04 Å². The fraction of sp³-hybridized carbons (Fsp3) is 0.579. The van der Waals surface area contributed by atoms with Crippen molar-refractivity contribution < 1.29 is 18.0 Å². The van der Waals surface area contributed by atoms with Crippen molar-refractivity contribution in [3.63, 3.8) is 0 Å². The van der Waals surface area contributed by atoms with E-state index in [4.69, 9.17) is 0 Å². The highest BCUT2D eigenvalue weighted by Crippen LogP contribution is 2.23. The third kappa shape index (κ3) is 4.44. The van der Waals surface area contributed by atoms with Crippen LogP contribution in [-0.4, -0.2) is 62.0 Å². The highest BCUT2D eigenvalue weighted by Gasteiger charge is 2.35. The van der Waals surface area contributed by atoms with Gasteiger partial charge in [0.15, 0.2) is 9.84 Å². The molecule has 2 saturated heterocycles. The number of piperidine rings is 1. The Morgan fingerprint density at radius 1 is 1.08 bits per heavy atom. The molecule has 0 spiro atoms. The smallest absolute Gasteiger partial charge is 0.254 e. The first-order valence-electron chi connectivity index (χ1n) is 9.21. The summed E-state index contributed by atoms with van der Waals surface area (Å²) in [5.74, 6) is -0.218. The molecule has 0 aliphatic carbocycles. The highest BCUT2D eigenvalue weighted by molar-refractivity contribution is 7.89. The molecule has 1 aromatic rings. The number of amides is 2. The van der Waals surface area contributed by atoms with Gasteiger partial charge in [-0.05, 0) is 49.8 Å². The van der Waals surface area contributed by atoms with E-state index in [-0.39, 0.29) is 17.6 Å². The van der Waals surface area contributed by atoms with Crippen LogP contribution in [0.2, 0.25) is 0 Å². The second-order valence-corrected chi connectivity index (χ2v) is 9.45. The molecule has 6 nitrogen and oxygen atoms in total. The first-order chi connectivity index (χ1) is 12.3. The van der Waals surface area contributed by atoms with Crippen LogP contribution in [0.25, 0.3) is 0 Å². The standard InChI is InChI=1S/C19H26N2O4S/c1-26(24,25)14-15-7-6-8-16(13-15)18(22)21-12-3-2-9-17(21)19(23)20-10-4-5-11-20/h6-8,13,17H,2-5,9-12,14H2,1H3. The van der Waals surface area contributed by atoms with Gasteiger partial charge in [-0.1, -0.05) is 12.1 Å². The molecule has 26 heavy (non-hydrogen) atoms. The number of carbonyl (C=O) groups is 2. The van der Waals surface area contributed by atoms with Crippen molar-refractivity contribution in [2.75, 3.05) is 25.9 Å². The van der Waals surface area contributed by atoms with Gasteiger partial charge in [-0.3, -0.25) is 9.59 Å². The maximum absolute atomic E-state index is 13.1. The van der Waals surface area contributed by atoms with Crippen LogP contribution >= 0.6 is 0 Å². The van der Waals surface area contributed by atoms with Gasteiger partial charge in [-0.25, -0.2) is 8.42 Å². The van der Waals surface area contributed by atoms with Crippen LogP contribution in [0.4, 0.5) is 0 Å². The Hall–Kier alpha value is -1.89. The molecule has 1 atom stereocenters. The minimum atomic E-state index is -3.17. The molecule has 2 aliphatic rings. The number of hydrogen-bond acceptors (Lipinski definition) is 4. The first kappa shape index (κ1) is 18.9. The zero-order valence-corrected chi connectivity index (χ0v) is 16.0. The molecule has 2 fully saturated rings. The summed E-state index contributed by atoms with van der Waals surface area (Å²) in [7, 11) is -3.17. The molecule has 1 aromatic carbocycles. The number of nitrogens with zero attached hydrogens (tertiary/aromatic N) is 2. The van der Waals surface area contributed by atoms with Crippen LogP contribution in [0.3, 0.4) is 0 Å². The largest absolute Gasteiger partial charge is 0.341 e. The number of rotatable bonds is 4. The molecule has 0 aromatic heterocycles. The summed E-state index contributed by atoms with van der Waals surface area (Å²) < 4.78 is 23.1. The molecular formula is C19H26N2O4S. The lowest BCUT2D eigenvalue weighted by atomic mass is 9.99. The molecule has 0 radical (unpaired) electrons. The van der Waals surface area contributed by atoms with E-state index in [1.54, 1.807) is 29.2 Å². The molecule has 2 heterocycles. The van der Waals surface area contributed by atoms with E-state index in [9.17, 15) is 18.0 Å². The zero-order chi connectivity index (χ0) is 18.7. The molecule has 7 heteroatoms. The summed E-state index contributed by atoms with van der Waals surface area (Å²) in [6.07, 6.45) is 5.77. The number of likely N-dealkylation sites (tertiary alicyclic amines) is 2. The molecule has 142 valence electrons. The predicted molar refractivity (Wildman–Crippen MR) is 99.5 cm³/mol. The molecular weight excluding hydrogens is 352 g/mol. The third-order valence-electron chi connectivity index (χ3n) is 5.07. The minimum absolute atomic E-state index is 0.0582. The predicted octanol–water partition coefficient (Wildman–Crippen LogP) is 1.85. The molecule has 1 unspecified atom stereocenters. The van der Waals surface area contributed by atoms with Crippen LogP contribution in [0.5, 0.6) is 0 Å². The summed E-state index contributed by atoms with van der Waals surface area (Å²) in [5.41, 5.74) is 1.05. The first-order valence-corrected chi connectivity index (χ1v) is 11.3. The Bertz CT molecular complexity index is 784. The van der Waals surface area contributed by atoms with E-state index >= 15 is 0 Å². The van der Waals surface area contributed by atoms with Crippen LogP contribution in [0, 0.1) is 0 Å². The lowest BCUT2D eigenvalue weighted by Crippen LogP contribution is -2.52. The molecule has 0 N–H and O–H groups in total. The van der Waals surface area contributed by atoms with E-state index in [2.05, 4.69) is 0 Å². The molecule has 3 rings (SSSR count). The zero-order valence-electron chi connectivity index (χ0n) is 15.2. The van der Waals surface area contributed by atoms with Gasteiger partial charge < -0.3 is 9.80 Å². The van der Waals surface area contributed by atoms with E-state index < -0.39 is 15.9 Å². The monoisotopic (exact) mass is 378 g/mol. The Balaban J connectivity index is 1.80. The van der Waals surface area contributed by atoms with E-state index in [1.807, 2.05) is 4.90 Å². The van der Waals surface area contributed by atoms with Gasteiger partial charge >= 0.3 is 0 Å². The van der Waals surface area contributed by atoms with Crippen molar-refractivity contribution in [1.29, 1.82) is 0 Å². The van der Waals surface area contributed by atoms with Crippen LogP contribution in [0.15, 0.2) is 24.3 Å². The van der Waals surface area contributed by atoms with Gasteiger partial charge in [0.2, 0.25) is 5.91 Å². The topological polar surface area (TPSA) is 74.8 Å². The SMILES string of the molecule is CS(=O)(=O)Cc1cccc(C(=O)N2CCCCC2C(=O)N2CCCC2)c1. The van der Waals surface area contributed by atoms with Gasteiger partial charge in [-0.15, -0.1) is 0 Å². The Morgan fingerprint density at radius 2 is 1.77 bits per heavy atom. The molecule has 2 amide bonds.